The van der Waals surface area contributed by atoms with Crippen LogP contribution in [-0.4, -0.2) is 0 Å². The van der Waals surface area contributed by atoms with E-state index in [2.05, 4.69) is 44.2 Å². The Bertz CT molecular complexity index is 3470. The van der Waals surface area contributed by atoms with E-state index in [1.807, 2.05) is 91.0 Å². The summed E-state index contributed by atoms with van der Waals surface area (Å²) < 4.78 is 80.7. The van der Waals surface area contributed by atoms with E-state index in [9.17, 15) is 5.48 Å². The lowest BCUT2D eigenvalue weighted by Gasteiger charge is -2.23. The first-order valence-corrected chi connectivity index (χ1v) is 17.5. The molecule has 1 nitrogen and oxygen atoms in total. The zero-order chi connectivity index (χ0) is 41.5. The monoisotopic (exact) mass is 670 g/mol. The Labute approximate surface area is 313 Å². The molecule has 244 valence electrons. The van der Waals surface area contributed by atoms with Gasteiger partial charge in [-0.3, -0.25) is 0 Å². The highest BCUT2D eigenvalue weighted by atomic mass is 16.3. The molecule has 1 aliphatic rings. The second kappa shape index (κ2) is 10.8. The van der Waals surface area contributed by atoms with Gasteiger partial charge in [0.2, 0.25) is 0 Å². The van der Waals surface area contributed by atoms with Gasteiger partial charge in [-0.2, -0.15) is 0 Å². The maximum absolute atomic E-state index is 9.57. The van der Waals surface area contributed by atoms with Crippen molar-refractivity contribution >= 4 is 54.3 Å². The van der Waals surface area contributed by atoms with Crippen molar-refractivity contribution in [3.05, 3.63) is 181 Å². The molecule has 1 aromatic heterocycles. The molecular weight excluding hydrogens is 629 g/mol. The van der Waals surface area contributed by atoms with Gasteiger partial charge < -0.3 is 4.42 Å². The third-order valence-corrected chi connectivity index (χ3v) is 11.1. The molecule has 0 saturated carbocycles. The summed E-state index contributed by atoms with van der Waals surface area (Å²) >= 11 is 0. The maximum Gasteiger partial charge on any atom is 0.143 e. The second-order valence-corrected chi connectivity index (χ2v) is 14.2. The summed E-state index contributed by atoms with van der Waals surface area (Å²) in [5, 5.41) is 4.07. The van der Waals surface area contributed by atoms with Crippen LogP contribution < -0.4 is 0 Å². The topological polar surface area (TPSA) is 13.1 Å². The molecule has 0 spiro atoms. The molecule has 0 N–H and O–H groups in total. The number of hydrogen-bond acceptors (Lipinski definition) is 1. The zero-order valence-corrected chi connectivity index (χ0v) is 28.5. The molecule has 1 heterocycles. The molecule has 0 atom stereocenters. The van der Waals surface area contributed by atoms with Crippen molar-refractivity contribution in [1.82, 2.24) is 0 Å². The summed E-state index contributed by atoms with van der Waals surface area (Å²) in [7, 11) is 0. The molecule has 0 fully saturated rings. The van der Waals surface area contributed by atoms with Crippen LogP contribution in [0.4, 0.5) is 0 Å². The summed E-state index contributed by atoms with van der Waals surface area (Å²) in [6.07, 6.45) is 0. The number of rotatable bonds is 3. The predicted molar refractivity (Wildman–Crippen MR) is 220 cm³/mol. The summed E-state index contributed by atoms with van der Waals surface area (Å²) in [4.78, 5) is 0. The van der Waals surface area contributed by atoms with Gasteiger partial charge in [-0.05, 0) is 107 Å². The lowest BCUT2D eigenvalue weighted by molar-refractivity contribution is 0.661. The van der Waals surface area contributed by atoms with Crippen molar-refractivity contribution < 1.29 is 15.4 Å². The van der Waals surface area contributed by atoms with Gasteiger partial charge in [0.15, 0.2) is 0 Å². The fraction of sp³-hybridized carbons (Fsp3) is 0.0588. The first kappa shape index (κ1) is 22.4. The number of benzene rings is 9. The largest absolute Gasteiger partial charge is 0.455 e. The number of fused-ring (bicyclic) bond motifs is 10. The first-order valence-electron chi connectivity index (χ1n) is 21.5. The number of hydrogen-bond donors (Lipinski definition) is 0. The highest BCUT2D eigenvalue weighted by molar-refractivity contribution is 6.27. The Morgan fingerprint density at radius 3 is 1.79 bits per heavy atom. The maximum atomic E-state index is 9.57. The molecule has 0 saturated heterocycles. The molecule has 0 aliphatic heterocycles. The Morgan fingerprint density at radius 1 is 0.462 bits per heavy atom. The third-order valence-electron chi connectivity index (χ3n) is 11.1. The highest BCUT2D eigenvalue weighted by Gasteiger charge is 2.36. The lowest BCUT2D eigenvalue weighted by atomic mass is 9.80. The van der Waals surface area contributed by atoms with Gasteiger partial charge in [0.25, 0.3) is 0 Å². The van der Waals surface area contributed by atoms with Crippen LogP contribution in [0.2, 0.25) is 0 Å². The number of furan rings is 1. The normalized spacial score (nSPS) is 15.5. The van der Waals surface area contributed by atoms with Crippen LogP contribution in [0.3, 0.4) is 0 Å². The van der Waals surface area contributed by atoms with Crippen molar-refractivity contribution in [1.29, 1.82) is 0 Å². The molecule has 11 rings (SSSR count). The van der Waals surface area contributed by atoms with Crippen molar-refractivity contribution in [3.63, 3.8) is 0 Å². The van der Waals surface area contributed by atoms with Gasteiger partial charge in [-0.25, -0.2) is 0 Å². The van der Waals surface area contributed by atoms with Gasteiger partial charge >= 0.3 is 0 Å². The summed E-state index contributed by atoms with van der Waals surface area (Å²) in [5.41, 5.74) is 9.00. The molecule has 0 amide bonds. The van der Waals surface area contributed by atoms with Gasteiger partial charge in [0.1, 0.15) is 11.2 Å². The predicted octanol–water partition coefficient (Wildman–Crippen LogP) is 14.4. The van der Waals surface area contributed by atoms with E-state index < -0.39 is 29.6 Å². The van der Waals surface area contributed by atoms with Crippen molar-refractivity contribution in [2.45, 2.75) is 19.3 Å². The molecule has 0 radical (unpaired) electrons. The Kier molecular flexibility index (Phi) is 4.64. The molecule has 0 bridgehead atoms. The van der Waals surface area contributed by atoms with Crippen molar-refractivity contribution in [2.75, 3.05) is 0 Å². The summed E-state index contributed by atoms with van der Waals surface area (Å²) in [5.74, 6) is 0. The van der Waals surface area contributed by atoms with Gasteiger partial charge in [0.05, 0.1) is 11.0 Å². The molecule has 1 heteroatoms. The van der Waals surface area contributed by atoms with Crippen LogP contribution in [0, 0.1) is 0 Å². The van der Waals surface area contributed by atoms with Crippen LogP contribution in [0.25, 0.3) is 98.8 Å². The Balaban J connectivity index is 1.28. The zero-order valence-electron chi connectivity index (χ0n) is 36.5. The van der Waals surface area contributed by atoms with Gasteiger partial charge in [0, 0.05) is 21.6 Å². The fourth-order valence-corrected chi connectivity index (χ4v) is 8.65. The van der Waals surface area contributed by atoms with Crippen LogP contribution in [0.15, 0.2) is 174 Å². The lowest BCUT2D eigenvalue weighted by Crippen LogP contribution is -2.15. The molecule has 1 aliphatic carbocycles. The Morgan fingerprint density at radius 2 is 1.08 bits per heavy atom. The minimum Gasteiger partial charge on any atom is -0.455 e. The van der Waals surface area contributed by atoms with E-state index in [1.54, 1.807) is 0 Å². The Hall–Kier alpha value is -6.44. The van der Waals surface area contributed by atoms with E-state index in [0.717, 1.165) is 49.5 Å². The molecular formula is C51H34O. The molecule has 10 aromatic rings. The highest BCUT2D eigenvalue weighted by Crippen LogP contribution is 2.53. The molecule has 0 unspecified atom stereocenters. The minimum atomic E-state index is -0.474. The van der Waals surface area contributed by atoms with Crippen molar-refractivity contribution in [2.24, 2.45) is 0 Å². The second-order valence-electron chi connectivity index (χ2n) is 14.2. The SMILES string of the molecule is [2H]c1c([2H])c([2H])c2c(-c3cccc4oc5c6ccccc6ccc5c34)c3c([2H])c([2H])c([2H])c([2H])c3c(-c3ccc4c(c3)C(C)(C)c3cc(-c5ccccc5)ccc3-4)c2c1[2H]. The van der Waals surface area contributed by atoms with Crippen LogP contribution in [0.5, 0.6) is 0 Å². The van der Waals surface area contributed by atoms with Crippen molar-refractivity contribution in [3.8, 4) is 44.5 Å². The van der Waals surface area contributed by atoms with Crippen LogP contribution >= 0.6 is 0 Å². The smallest absolute Gasteiger partial charge is 0.143 e. The third kappa shape index (κ3) is 4.05. The average molecular weight is 671 g/mol. The molecule has 52 heavy (non-hydrogen) atoms. The summed E-state index contributed by atoms with van der Waals surface area (Å²) in [6.45, 7) is 4.35. The standard InChI is InChI=1S/C51H34O/c1-51(2)44-29-33(31-13-4-3-5-14-31)24-26-36(44)37-27-25-34(30-45(37)51)47-38-17-8-10-19-40(38)48(41-20-11-9-18-39(41)47)42-21-12-22-46-49(42)43-28-23-32-15-6-7-16-35(32)50(43)52-46/h3-30H,1-2H3/i8D,9D,10D,11D,17D,18D,19D,20D. The van der Waals surface area contributed by atoms with Crippen LogP contribution in [-0.2, 0) is 5.41 Å². The first-order chi connectivity index (χ1) is 28.9. The summed E-state index contributed by atoms with van der Waals surface area (Å²) in [6, 6.07) is 37.3. The minimum absolute atomic E-state index is 0.173. The van der Waals surface area contributed by atoms with E-state index in [-0.39, 0.29) is 45.7 Å². The van der Waals surface area contributed by atoms with Crippen LogP contribution in [0.1, 0.15) is 35.9 Å². The fourth-order valence-electron chi connectivity index (χ4n) is 8.65. The quantitative estimate of drug-likeness (QED) is 0.171. The van der Waals surface area contributed by atoms with E-state index in [4.69, 9.17) is 9.90 Å². The van der Waals surface area contributed by atoms with Gasteiger partial charge in [-0.1, -0.05) is 159 Å². The van der Waals surface area contributed by atoms with Gasteiger partial charge in [-0.15, -0.1) is 0 Å². The van der Waals surface area contributed by atoms with E-state index in [1.165, 1.54) is 0 Å². The molecule has 9 aromatic carbocycles. The van der Waals surface area contributed by atoms with E-state index >= 15 is 0 Å². The average Bonchev–Trinajstić information content (AvgIpc) is 3.77. The van der Waals surface area contributed by atoms with E-state index in [0.29, 0.717) is 38.8 Å².